The number of methoxy groups -OCH3 is 1. The van der Waals surface area contributed by atoms with Crippen LogP contribution in [0, 0.1) is 6.92 Å². The van der Waals surface area contributed by atoms with Crippen molar-refractivity contribution < 1.29 is 4.74 Å². The SMILES string of the molecule is COCC(C)n1cc(C)nc1NCC1(C)CCCS1. The Morgan fingerprint density at radius 1 is 1.63 bits per heavy atom. The maximum atomic E-state index is 5.24. The molecule has 1 fully saturated rings. The van der Waals surface area contributed by atoms with Crippen molar-refractivity contribution in [1.82, 2.24) is 9.55 Å². The van der Waals surface area contributed by atoms with Gasteiger partial charge in [-0.25, -0.2) is 4.98 Å². The molecule has 1 aliphatic heterocycles. The second kappa shape index (κ2) is 6.18. The average molecular weight is 283 g/mol. The summed E-state index contributed by atoms with van der Waals surface area (Å²) < 4.78 is 7.78. The standard InChI is InChI=1S/C14H25N3OS/c1-11-8-17(12(2)9-18-4)13(16-11)15-10-14(3)6-5-7-19-14/h8,12H,5-7,9-10H2,1-4H3,(H,15,16). The zero-order valence-corrected chi connectivity index (χ0v) is 13.2. The highest BCUT2D eigenvalue weighted by Crippen LogP contribution is 2.37. The van der Waals surface area contributed by atoms with Crippen molar-refractivity contribution in [3.8, 4) is 0 Å². The highest BCUT2D eigenvalue weighted by atomic mass is 32.2. The van der Waals surface area contributed by atoms with Crippen LogP contribution < -0.4 is 5.32 Å². The maximum absolute atomic E-state index is 5.24. The monoisotopic (exact) mass is 283 g/mol. The van der Waals surface area contributed by atoms with E-state index in [9.17, 15) is 0 Å². The van der Waals surface area contributed by atoms with E-state index in [1.807, 2.05) is 6.92 Å². The molecule has 1 aromatic rings. The Morgan fingerprint density at radius 2 is 2.42 bits per heavy atom. The highest BCUT2D eigenvalue weighted by Gasteiger charge is 2.29. The van der Waals surface area contributed by atoms with E-state index in [1.165, 1.54) is 18.6 Å². The molecule has 2 heterocycles. The summed E-state index contributed by atoms with van der Waals surface area (Å²) in [7, 11) is 1.74. The Kier molecular flexibility index (Phi) is 4.79. The topological polar surface area (TPSA) is 39.1 Å². The van der Waals surface area contributed by atoms with Crippen molar-refractivity contribution in [3.05, 3.63) is 11.9 Å². The molecule has 1 aliphatic rings. The van der Waals surface area contributed by atoms with Crippen LogP contribution in [0.5, 0.6) is 0 Å². The fraction of sp³-hybridized carbons (Fsp3) is 0.786. The van der Waals surface area contributed by atoms with E-state index in [4.69, 9.17) is 4.74 Å². The number of nitrogens with one attached hydrogen (secondary N) is 1. The van der Waals surface area contributed by atoms with Crippen molar-refractivity contribution in [2.75, 3.05) is 31.3 Å². The molecule has 1 N–H and O–H groups in total. The van der Waals surface area contributed by atoms with E-state index in [0.717, 1.165) is 18.2 Å². The van der Waals surface area contributed by atoms with Crippen molar-refractivity contribution in [2.24, 2.45) is 0 Å². The Bertz CT molecular complexity index is 413. The summed E-state index contributed by atoms with van der Waals surface area (Å²) in [5.74, 6) is 2.25. The number of anilines is 1. The van der Waals surface area contributed by atoms with Crippen LogP contribution in [0.4, 0.5) is 5.95 Å². The normalized spacial score (nSPS) is 24.6. The van der Waals surface area contributed by atoms with Crippen molar-refractivity contribution in [2.45, 2.75) is 44.4 Å². The van der Waals surface area contributed by atoms with Gasteiger partial charge in [0, 0.05) is 24.6 Å². The van der Waals surface area contributed by atoms with Gasteiger partial charge in [0.2, 0.25) is 5.95 Å². The first-order valence-electron chi connectivity index (χ1n) is 6.96. The summed E-state index contributed by atoms with van der Waals surface area (Å²) in [5, 5.41) is 3.53. The van der Waals surface area contributed by atoms with Crippen LogP contribution >= 0.6 is 11.8 Å². The van der Waals surface area contributed by atoms with Gasteiger partial charge in [0.25, 0.3) is 0 Å². The van der Waals surface area contributed by atoms with E-state index in [1.54, 1.807) is 7.11 Å². The van der Waals surface area contributed by atoms with E-state index >= 15 is 0 Å². The molecule has 2 rings (SSSR count). The van der Waals surface area contributed by atoms with E-state index < -0.39 is 0 Å². The molecule has 1 aromatic heterocycles. The maximum Gasteiger partial charge on any atom is 0.203 e. The molecule has 4 nitrogen and oxygen atoms in total. The summed E-state index contributed by atoms with van der Waals surface area (Å²) in [6.07, 6.45) is 4.71. The Balaban J connectivity index is 2.03. The lowest BCUT2D eigenvalue weighted by Crippen LogP contribution is -2.28. The quantitative estimate of drug-likeness (QED) is 0.871. The third-order valence-electron chi connectivity index (χ3n) is 3.66. The Hall–Kier alpha value is -0.680. The van der Waals surface area contributed by atoms with Gasteiger partial charge in [0.15, 0.2) is 0 Å². The lowest BCUT2D eigenvalue weighted by Gasteiger charge is -2.24. The lowest BCUT2D eigenvalue weighted by molar-refractivity contribution is 0.163. The highest BCUT2D eigenvalue weighted by molar-refractivity contribution is 8.00. The molecule has 0 saturated carbocycles. The fourth-order valence-corrected chi connectivity index (χ4v) is 3.79. The molecule has 2 unspecified atom stereocenters. The predicted octanol–water partition coefficient (Wildman–Crippen LogP) is 3.10. The summed E-state index contributed by atoms with van der Waals surface area (Å²) in [5.41, 5.74) is 1.05. The van der Waals surface area contributed by atoms with Gasteiger partial charge in [0.1, 0.15) is 0 Å². The van der Waals surface area contributed by atoms with Gasteiger partial charge in [-0.1, -0.05) is 0 Å². The first kappa shape index (κ1) is 14.7. The second-order valence-corrected chi connectivity index (χ2v) is 7.36. The van der Waals surface area contributed by atoms with E-state index in [0.29, 0.717) is 17.4 Å². The number of aryl methyl sites for hydroxylation is 1. The number of aromatic nitrogens is 2. The van der Waals surface area contributed by atoms with Gasteiger partial charge in [-0.05, 0) is 39.4 Å². The lowest BCUT2D eigenvalue weighted by atomic mass is 10.1. The van der Waals surface area contributed by atoms with Gasteiger partial charge in [-0.2, -0.15) is 11.8 Å². The first-order valence-corrected chi connectivity index (χ1v) is 7.95. The third kappa shape index (κ3) is 3.66. The molecule has 1 saturated heterocycles. The van der Waals surface area contributed by atoms with Crippen LogP contribution in [0.3, 0.4) is 0 Å². The van der Waals surface area contributed by atoms with Crippen LogP contribution in [0.1, 0.15) is 38.4 Å². The number of ether oxygens (including phenoxy) is 1. The first-order chi connectivity index (χ1) is 9.04. The van der Waals surface area contributed by atoms with Crippen LogP contribution in [-0.4, -0.2) is 40.3 Å². The summed E-state index contributed by atoms with van der Waals surface area (Å²) in [6, 6.07) is 0.303. The molecule has 0 amide bonds. The Morgan fingerprint density at radius 3 is 3.05 bits per heavy atom. The van der Waals surface area contributed by atoms with Gasteiger partial charge in [-0.3, -0.25) is 0 Å². The van der Waals surface area contributed by atoms with Crippen molar-refractivity contribution in [1.29, 1.82) is 0 Å². The molecule has 5 heteroatoms. The fourth-order valence-electron chi connectivity index (χ4n) is 2.55. The number of hydrogen-bond acceptors (Lipinski definition) is 4. The van der Waals surface area contributed by atoms with Crippen LogP contribution in [-0.2, 0) is 4.74 Å². The van der Waals surface area contributed by atoms with E-state index in [-0.39, 0.29) is 0 Å². The minimum atomic E-state index is 0.303. The predicted molar refractivity (Wildman–Crippen MR) is 82.1 cm³/mol. The average Bonchev–Trinajstić information content (AvgIpc) is 2.94. The van der Waals surface area contributed by atoms with Gasteiger partial charge >= 0.3 is 0 Å². The van der Waals surface area contributed by atoms with Crippen LogP contribution in [0.2, 0.25) is 0 Å². The molecule has 0 aliphatic carbocycles. The molecule has 0 radical (unpaired) electrons. The molecular weight excluding hydrogens is 258 g/mol. The number of thioether (sulfide) groups is 1. The zero-order chi connectivity index (χ0) is 13.9. The van der Waals surface area contributed by atoms with Crippen molar-refractivity contribution >= 4 is 17.7 Å². The molecule has 108 valence electrons. The third-order valence-corrected chi connectivity index (χ3v) is 5.19. The van der Waals surface area contributed by atoms with Crippen LogP contribution in [0.25, 0.3) is 0 Å². The zero-order valence-electron chi connectivity index (χ0n) is 12.4. The summed E-state index contributed by atoms with van der Waals surface area (Å²) >= 11 is 2.07. The van der Waals surface area contributed by atoms with E-state index in [2.05, 4.69) is 46.7 Å². The van der Waals surface area contributed by atoms with Crippen molar-refractivity contribution in [3.63, 3.8) is 0 Å². The number of nitrogens with zero attached hydrogens (tertiary/aromatic N) is 2. The summed E-state index contributed by atoms with van der Waals surface area (Å²) in [4.78, 5) is 4.59. The minimum absolute atomic E-state index is 0.303. The minimum Gasteiger partial charge on any atom is -0.383 e. The van der Waals surface area contributed by atoms with Crippen LogP contribution in [0.15, 0.2) is 6.20 Å². The Labute approximate surface area is 120 Å². The number of rotatable bonds is 6. The largest absolute Gasteiger partial charge is 0.383 e. The second-order valence-electron chi connectivity index (χ2n) is 5.67. The molecule has 0 aromatic carbocycles. The van der Waals surface area contributed by atoms with Gasteiger partial charge in [0.05, 0.1) is 18.3 Å². The smallest absolute Gasteiger partial charge is 0.203 e. The molecule has 2 atom stereocenters. The number of imidazole rings is 1. The van der Waals surface area contributed by atoms with Gasteiger partial charge in [-0.15, -0.1) is 0 Å². The number of hydrogen-bond donors (Lipinski definition) is 1. The molecule has 19 heavy (non-hydrogen) atoms. The van der Waals surface area contributed by atoms with Gasteiger partial charge < -0.3 is 14.6 Å². The molecular formula is C14H25N3OS. The molecule has 0 bridgehead atoms. The molecule has 0 spiro atoms. The summed E-state index contributed by atoms with van der Waals surface area (Å²) in [6.45, 7) is 8.22.